The molecule has 0 bridgehead atoms. The van der Waals surface area contributed by atoms with Crippen LogP contribution in [0.1, 0.15) is 58.3 Å². The Morgan fingerprint density at radius 1 is 1.00 bits per heavy atom. The van der Waals surface area contributed by atoms with E-state index in [4.69, 9.17) is 0 Å². The number of carbonyl (C=O) groups excluding carboxylic acids is 2. The van der Waals surface area contributed by atoms with Crippen molar-refractivity contribution < 1.29 is 9.59 Å². The van der Waals surface area contributed by atoms with Gasteiger partial charge in [-0.3, -0.25) is 9.59 Å². The number of nitrogens with one attached hydrogen (secondary N) is 1. The fourth-order valence-electron chi connectivity index (χ4n) is 3.76. The van der Waals surface area contributed by atoms with Crippen molar-refractivity contribution in [3.05, 3.63) is 0 Å². The van der Waals surface area contributed by atoms with Crippen molar-refractivity contribution in [2.75, 3.05) is 26.2 Å². The number of likely N-dealkylation sites (tertiary alicyclic amines) is 1. The first-order valence-corrected chi connectivity index (χ1v) is 8.69. The van der Waals surface area contributed by atoms with Crippen LogP contribution < -0.4 is 5.32 Å². The van der Waals surface area contributed by atoms with E-state index in [9.17, 15) is 9.59 Å². The molecule has 1 heterocycles. The molecule has 1 amide bonds. The maximum absolute atomic E-state index is 12.3. The molecule has 0 unspecified atom stereocenters. The molecule has 2 rings (SSSR count). The van der Waals surface area contributed by atoms with Gasteiger partial charge in [0.1, 0.15) is 5.78 Å². The van der Waals surface area contributed by atoms with E-state index < -0.39 is 0 Å². The molecular formula is C17H30N2O2. The summed E-state index contributed by atoms with van der Waals surface area (Å²) in [5, 5.41) is 3.06. The number of Topliss-reactive ketones (excluding diaryl/α,β-unsaturated/α-hetero) is 1. The molecule has 2 fully saturated rings. The molecule has 120 valence electrons. The van der Waals surface area contributed by atoms with Gasteiger partial charge in [0.05, 0.1) is 0 Å². The van der Waals surface area contributed by atoms with Crippen LogP contribution in [0, 0.1) is 11.8 Å². The first-order valence-electron chi connectivity index (χ1n) is 8.69. The summed E-state index contributed by atoms with van der Waals surface area (Å²) in [6.07, 6.45) is 8.94. The van der Waals surface area contributed by atoms with Crippen LogP contribution in [0.4, 0.5) is 0 Å². The van der Waals surface area contributed by atoms with Crippen molar-refractivity contribution in [1.29, 1.82) is 0 Å². The molecule has 4 nitrogen and oxygen atoms in total. The summed E-state index contributed by atoms with van der Waals surface area (Å²) in [7, 11) is 0. The Kier molecular flexibility index (Phi) is 6.68. The smallest absolute Gasteiger partial charge is 0.223 e. The monoisotopic (exact) mass is 294 g/mol. The molecule has 1 N–H and O–H groups in total. The third-order valence-corrected chi connectivity index (χ3v) is 5.02. The minimum atomic E-state index is -0.0776. The van der Waals surface area contributed by atoms with Crippen LogP contribution in [0.25, 0.3) is 0 Å². The van der Waals surface area contributed by atoms with Gasteiger partial charge in [-0.2, -0.15) is 0 Å². The van der Waals surface area contributed by atoms with E-state index in [-0.39, 0.29) is 23.5 Å². The van der Waals surface area contributed by atoms with Crippen LogP contribution in [0.3, 0.4) is 0 Å². The first kappa shape index (κ1) is 16.5. The topological polar surface area (TPSA) is 49.4 Å². The van der Waals surface area contributed by atoms with Gasteiger partial charge in [-0.1, -0.05) is 19.3 Å². The summed E-state index contributed by atoms with van der Waals surface area (Å²) in [6, 6.07) is 0. The average Bonchev–Trinajstić information content (AvgIpc) is 2.52. The van der Waals surface area contributed by atoms with Crippen molar-refractivity contribution in [2.45, 2.75) is 58.3 Å². The molecule has 21 heavy (non-hydrogen) atoms. The van der Waals surface area contributed by atoms with Gasteiger partial charge < -0.3 is 10.2 Å². The lowest BCUT2D eigenvalue weighted by Gasteiger charge is -2.29. The molecule has 2 atom stereocenters. The van der Waals surface area contributed by atoms with E-state index >= 15 is 0 Å². The van der Waals surface area contributed by atoms with Crippen molar-refractivity contribution >= 4 is 11.7 Å². The molecule has 2 aliphatic rings. The Hall–Kier alpha value is -0.900. The summed E-state index contributed by atoms with van der Waals surface area (Å²) in [6.45, 7) is 5.89. The third-order valence-electron chi connectivity index (χ3n) is 5.02. The van der Waals surface area contributed by atoms with Crippen molar-refractivity contribution in [1.82, 2.24) is 10.2 Å². The van der Waals surface area contributed by atoms with E-state index in [1.807, 2.05) is 0 Å². The zero-order chi connectivity index (χ0) is 15.1. The Balaban J connectivity index is 1.67. The maximum Gasteiger partial charge on any atom is 0.223 e. The minimum absolute atomic E-state index is 0.0409. The van der Waals surface area contributed by atoms with E-state index in [1.54, 1.807) is 6.92 Å². The zero-order valence-corrected chi connectivity index (χ0v) is 13.4. The minimum Gasteiger partial charge on any atom is -0.356 e. The normalized spacial score (nSPS) is 27.3. The second-order valence-electron chi connectivity index (χ2n) is 6.65. The summed E-state index contributed by atoms with van der Waals surface area (Å²) in [5.41, 5.74) is 0. The van der Waals surface area contributed by atoms with Gasteiger partial charge in [0.2, 0.25) is 5.91 Å². The number of amides is 1. The summed E-state index contributed by atoms with van der Waals surface area (Å²) < 4.78 is 0. The van der Waals surface area contributed by atoms with E-state index in [2.05, 4.69) is 10.2 Å². The molecule has 0 aromatic heterocycles. The molecule has 1 aliphatic heterocycles. The highest BCUT2D eigenvalue weighted by molar-refractivity contribution is 5.87. The second kappa shape index (κ2) is 8.52. The third kappa shape index (κ3) is 5.10. The Morgan fingerprint density at radius 2 is 1.67 bits per heavy atom. The Morgan fingerprint density at radius 3 is 2.33 bits per heavy atom. The molecule has 0 aromatic rings. The SMILES string of the molecule is CC(=O)[C@H]1CCCC[C@H]1C(=O)NCCCN1CCCCC1. The number of carbonyl (C=O) groups is 2. The number of ketones is 1. The van der Waals surface area contributed by atoms with Gasteiger partial charge in [0.15, 0.2) is 0 Å². The van der Waals surface area contributed by atoms with Gasteiger partial charge in [0.25, 0.3) is 0 Å². The summed E-state index contributed by atoms with van der Waals surface area (Å²) in [4.78, 5) is 26.4. The molecule has 0 aromatic carbocycles. The molecule has 1 saturated carbocycles. The zero-order valence-electron chi connectivity index (χ0n) is 13.4. The number of hydrogen-bond acceptors (Lipinski definition) is 3. The summed E-state index contributed by atoms with van der Waals surface area (Å²) >= 11 is 0. The van der Waals surface area contributed by atoms with Gasteiger partial charge in [-0.05, 0) is 58.7 Å². The quantitative estimate of drug-likeness (QED) is 0.765. The number of piperidine rings is 1. The largest absolute Gasteiger partial charge is 0.356 e. The molecule has 4 heteroatoms. The number of hydrogen-bond donors (Lipinski definition) is 1. The molecule has 0 spiro atoms. The molecule has 1 saturated heterocycles. The van der Waals surface area contributed by atoms with Gasteiger partial charge in [-0.15, -0.1) is 0 Å². The predicted octanol–water partition coefficient (Wildman–Crippen LogP) is 2.37. The van der Waals surface area contributed by atoms with E-state index in [1.165, 1.54) is 32.4 Å². The van der Waals surface area contributed by atoms with Crippen molar-refractivity contribution in [3.63, 3.8) is 0 Å². The standard InChI is InChI=1S/C17H30N2O2/c1-14(20)15-8-3-4-9-16(15)17(21)18-10-7-13-19-11-5-2-6-12-19/h15-16H,2-13H2,1H3,(H,18,21)/t15-,16-/m1/s1. The lowest BCUT2D eigenvalue weighted by Crippen LogP contribution is -2.40. The molecule has 1 aliphatic carbocycles. The van der Waals surface area contributed by atoms with Crippen LogP contribution in [0.15, 0.2) is 0 Å². The molecule has 0 radical (unpaired) electrons. The van der Waals surface area contributed by atoms with Crippen LogP contribution >= 0.6 is 0 Å². The number of nitrogens with zero attached hydrogens (tertiary/aromatic N) is 1. The first-order chi connectivity index (χ1) is 10.2. The highest BCUT2D eigenvalue weighted by Gasteiger charge is 2.33. The Labute approximate surface area is 128 Å². The molecular weight excluding hydrogens is 264 g/mol. The lowest BCUT2D eigenvalue weighted by atomic mass is 9.77. The predicted molar refractivity (Wildman–Crippen MR) is 84.0 cm³/mol. The van der Waals surface area contributed by atoms with Crippen LogP contribution in [-0.2, 0) is 9.59 Å². The fraction of sp³-hybridized carbons (Fsp3) is 0.882. The van der Waals surface area contributed by atoms with Gasteiger partial charge in [0, 0.05) is 18.4 Å². The van der Waals surface area contributed by atoms with Crippen LogP contribution in [-0.4, -0.2) is 42.8 Å². The van der Waals surface area contributed by atoms with Crippen LogP contribution in [0.5, 0.6) is 0 Å². The van der Waals surface area contributed by atoms with Gasteiger partial charge in [-0.25, -0.2) is 0 Å². The number of rotatable bonds is 6. The Bertz CT molecular complexity index is 351. The van der Waals surface area contributed by atoms with Crippen LogP contribution in [0.2, 0.25) is 0 Å². The second-order valence-corrected chi connectivity index (χ2v) is 6.65. The lowest BCUT2D eigenvalue weighted by molar-refractivity contribution is -0.134. The maximum atomic E-state index is 12.3. The van der Waals surface area contributed by atoms with Gasteiger partial charge >= 0.3 is 0 Å². The average molecular weight is 294 g/mol. The summed E-state index contributed by atoms with van der Waals surface area (Å²) in [5.74, 6) is 0.170. The van der Waals surface area contributed by atoms with E-state index in [0.29, 0.717) is 0 Å². The van der Waals surface area contributed by atoms with Crippen molar-refractivity contribution in [3.8, 4) is 0 Å². The highest BCUT2D eigenvalue weighted by Crippen LogP contribution is 2.30. The van der Waals surface area contributed by atoms with E-state index in [0.717, 1.165) is 45.2 Å². The fourth-order valence-corrected chi connectivity index (χ4v) is 3.76. The van der Waals surface area contributed by atoms with Crippen molar-refractivity contribution in [2.24, 2.45) is 11.8 Å². The highest BCUT2D eigenvalue weighted by atomic mass is 16.2.